The maximum Gasteiger partial charge on any atom is 0.189 e. The number of sulfone groups is 1. The van der Waals surface area contributed by atoms with Crippen molar-refractivity contribution in [3.8, 4) is 12.3 Å². The number of hydrogen-bond donors (Lipinski definition) is 0. The Balaban J connectivity index is 3.19. The van der Waals surface area contributed by atoms with E-state index in [9.17, 15) is 8.42 Å². The standard InChI is InChI=1S/C14H19NO2S/c1-5-10-18(16,17)14-9-8-13(11-12(14)4)15(6-2)7-3/h1,8-9,11H,6-7,10H2,2-4H3. The first kappa shape index (κ1) is 14.6. The van der Waals surface area contributed by atoms with Crippen molar-refractivity contribution >= 4 is 15.5 Å². The van der Waals surface area contributed by atoms with Gasteiger partial charge in [0.05, 0.1) is 4.90 Å². The van der Waals surface area contributed by atoms with Gasteiger partial charge < -0.3 is 4.90 Å². The highest BCUT2D eigenvalue weighted by Gasteiger charge is 2.16. The van der Waals surface area contributed by atoms with Gasteiger partial charge in [0, 0.05) is 18.8 Å². The highest BCUT2D eigenvalue weighted by atomic mass is 32.2. The molecule has 3 nitrogen and oxygen atoms in total. The average Bonchev–Trinajstić information content (AvgIpc) is 2.30. The summed E-state index contributed by atoms with van der Waals surface area (Å²) in [4.78, 5) is 2.50. The zero-order chi connectivity index (χ0) is 13.8. The largest absolute Gasteiger partial charge is 0.372 e. The summed E-state index contributed by atoms with van der Waals surface area (Å²) >= 11 is 0. The van der Waals surface area contributed by atoms with Crippen molar-refractivity contribution < 1.29 is 8.42 Å². The zero-order valence-electron chi connectivity index (χ0n) is 11.1. The van der Waals surface area contributed by atoms with Gasteiger partial charge in [0.1, 0.15) is 5.75 Å². The lowest BCUT2D eigenvalue weighted by Gasteiger charge is -2.22. The van der Waals surface area contributed by atoms with Crippen LogP contribution < -0.4 is 4.90 Å². The lowest BCUT2D eigenvalue weighted by molar-refractivity contribution is 0.599. The molecule has 1 rings (SSSR count). The van der Waals surface area contributed by atoms with Crippen LogP contribution in [0.15, 0.2) is 23.1 Å². The molecule has 0 N–H and O–H groups in total. The number of anilines is 1. The van der Waals surface area contributed by atoms with Crippen LogP contribution in [0, 0.1) is 19.3 Å². The van der Waals surface area contributed by atoms with Crippen molar-refractivity contribution in [1.82, 2.24) is 0 Å². The molecular formula is C14H19NO2S. The van der Waals surface area contributed by atoms with Gasteiger partial charge in [-0.1, -0.05) is 5.92 Å². The van der Waals surface area contributed by atoms with Crippen LogP contribution in [0.4, 0.5) is 5.69 Å². The Labute approximate surface area is 110 Å². The fourth-order valence-corrected chi connectivity index (χ4v) is 3.16. The third-order valence-corrected chi connectivity index (χ3v) is 4.57. The van der Waals surface area contributed by atoms with E-state index in [1.165, 1.54) is 0 Å². The highest BCUT2D eigenvalue weighted by molar-refractivity contribution is 7.91. The third-order valence-electron chi connectivity index (χ3n) is 2.90. The Morgan fingerprint density at radius 2 is 1.89 bits per heavy atom. The summed E-state index contributed by atoms with van der Waals surface area (Å²) in [7, 11) is -3.35. The molecule has 0 aliphatic carbocycles. The Kier molecular flexibility index (Phi) is 4.80. The molecule has 0 bridgehead atoms. The van der Waals surface area contributed by atoms with Crippen LogP contribution >= 0.6 is 0 Å². The van der Waals surface area contributed by atoms with Gasteiger partial charge >= 0.3 is 0 Å². The van der Waals surface area contributed by atoms with E-state index in [1.807, 2.05) is 12.1 Å². The van der Waals surface area contributed by atoms with Crippen LogP contribution in [0.3, 0.4) is 0 Å². The Hall–Kier alpha value is -1.47. The smallest absolute Gasteiger partial charge is 0.189 e. The quantitative estimate of drug-likeness (QED) is 0.766. The molecule has 0 aromatic heterocycles. The monoisotopic (exact) mass is 265 g/mol. The van der Waals surface area contributed by atoms with E-state index in [4.69, 9.17) is 6.42 Å². The van der Waals surface area contributed by atoms with E-state index in [0.29, 0.717) is 4.90 Å². The molecule has 0 aliphatic heterocycles. The SMILES string of the molecule is C#CCS(=O)(=O)c1ccc(N(CC)CC)cc1C. The van der Waals surface area contributed by atoms with Crippen molar-refractivity contribution in [3.05, 3.63) is 23.8 Å². The van der Waals surface area contributed by atoms with Crippen molar-refractivity contribution in [2.24, 2.45) is 0 Å². The summed E-state index contributed by atoms with van der Waals surface area (Å²) in [6.07, 6.45) is 5.09. The second-order valence-corrected chi connectivity index (χ2v) is 6.04. The summed E-state index contributed by atoms with van der Waals surface area (Å²) in [6.45, 7) is 7.73. The second-order valence-electron chi connectivity index (χ2n) is 4.09. The van der Waals surface area contributed by atoms with Gasteiger partial charge in [0.2, 0.25) is 0 Å². The molecular weight excluding hydrogens is 246 g/mol. The Morgan fingerprint density at radius 1 is 1.28 bits per heavy atom. The molecule has 1 aromatic carbocycles. The molecule has 0 spiro atoms. The third kappa shape index (κ3) is 3.05. The lowest BCUT2D eigenvalue weighted by atomic mass is 10.2. The minimum absolute atomic E-state index is 0.252. The van der Waals surface area contributed by atoms with Gasteiger partial charge in [-0.25, -0.2) is 8.42 Å². The number of nitrogens with zero attached hydrogens (tertiary/aromatic N) is 1. The van der Waals surface area contributed by atoms with Crippen molar-refractivity contribution in [2.75, 3.05) is 23.7 Å². The number of hydrogen-bond acceptors (Lipinski definition) is 3. The molecule has 0 fully saturated rings. The molecule has 0 amide bonds. The van der Waals surface area contributed by atoms with Crippen LogP contribution in [0.1, 0.15) is 19.4 Å². The first-order chi connectivity index (χ1) is 8.46. The summed E-state index contributed by atoms with van der Waals surface area (Å²) in [5, 5.41) is 0. The maximum absolute atomic E-state index is 11.9. The summed E-state index contributed by atoms with van der Waals surface area (Å²) in [6, 6.07) is 5.38. The minimum atomic E-state index is -3.35. The molecule has 18 heavy (non-hydrogen) atoms. The van der Waals surface area contributed by atoms with Crippen molar-refractivity contribution in [3.63, 3.8) is 0 Å². The topological polar surface area (TPSA) is 37.4 Å². The van der Waals surface area contributed by atoms with E-state index in [1.54, 1.807) is 13.0 Å². The number of benzene rings is 1. The van der Waals surface area contributed by atoms with Crippen molar-refractivity contribution in [2.45, 2.75) is 25.7 Å². The highest BCUT2D eigenvalue weighted by Crippen LogP contribution is 2.23. The lowest BCUT2D eigenvalue weighted by Crippen LogP contribution is -2.22. The van der Waals surface area contributed by atoms with Gasteiger partial charge in [-0.15, -0.1) is 6.42 Å². The number of aryl methyl sites for hydroxylation is 1. The molecule has 0 saturated heterocycles. The first-order valence-electron chi connectivity index (χ1n) is 5.98. The van der Waals surface area contributed by atoms with E-state index < -0.39 is 9.84 Å². The van der Waals surface area contributed by atoms with E-state index >= 15 is 0 Å². The predicted molar refractivity (Wildman–Crippen MR) is 75.6 cm³/mol. The van der Waals surface area contributed by atoms with Crippen LogP contribution in [-0.2, 0) is 9.84 Å². The average molecular weight is 265 g/mol. The summed E-state index contributed by atoms with van der Waals surface area (Å²) in [5.74, 6) is 1.94. The van der Waals surface area contributed by atoms with Crippen LogP contribution in [0.2, 0.25) is 0 Å². The van der Waals surface area contributed by atoms with Gasteiger partial charge in [-0.2, -0.15) is 0 Å². The summed E-state index contributed by atoms with van der Waals surface area (Å²) < 4.78 is 23.8. The van der Waals surface area contributed by atoms with Crippen molar-refractivity contribution in [1.29, 1.82) is 0 Å². The Morgan fingerprint density at radius 3 is 2.33 bits per heavy atom. The predicted octanol–water partition coefficient (Wildman–Crippen LogP) is 2.25. The fourth-order valence-electron chi connectivity index (χ4n) is 1.96. The zero-order valence-corrected chi connectivity index (χ0v) is 11.9. The fraction of sp³-hybridized carbons (Fsp3) is 0.429. The van der Waals surface area contributed by atoms with E-state index in [2.05, 4.69) is 24.7 Å². The maximum atomic E-state index is 11.9. The van der Waals surface area contributed by atoms with Crippen LogP contribution in [-0.4, -0.2) is 27.3 Å². The Bertz CT molecular complexity index is 552. The van der Waals surface area contributed by atoms with Gasteiger partial charge in [0.15, 0.2) is 9.84 Å². The molecule has 0 atom stereocenters. The normalized spacial score (nSPS) is 11.0. The molecule has 4 heteroatoms. The minimum Gasteiger partial charge on any atom is -0.372 e. The van der Waals surface area contributed by atoms with Gasteiger partial charge in [-0.05, 0) is 44.5 Å². The van der Waals surface area contributed by atoms with Gasteiger partial charge in [-0.3, -0.25) is 0 Å². The molecule has 0 unspecified atom stereocenters. The van der Waals surface area contributed by atoms with E-state index in [0.717, 1.165) is 24.3 Å². The summed E-state index contributed by atoms with van der Waals surface area (Å²) in [5.41, 5.74) is 1.78. The molecule has 1 aromatic rings. The second kappa shape index (κ2) is 5.92. The molecule has 0 saturated carbocycles. The first-order valence-corrected chi connectivity index (χ1v) is 7.63. The van der Waals surface area contributed by atoms with Crippen LogP contribution in [0.25, 0.3) is 0 Å². The van der Waals surface area contributed by atoms with E-state index in [-0.39, 0.29) is 5.75 Å². The number of rotatable bonds is 5. The molecule has 98 valence electrons. The van der Waals surface area contributed by atoms with Crippen LogP contribution in [0.5, 0.6) is 0 Å². The molecule has 0 radical (unpaired) electrons. The molecule has 0 heterocycles. The van der Waals surface area contributed by atoms with Gasteiger partial charge in [0.25, 0.3) is 0 Å². The molecule has 0 aliphatic rings. The number of terminal acetylenes is 1.